The van der Waals surface area contributed by atoms with Gasteiger partial charge >= 0.3 is 5.97 Å². The number of carbonyl (C=O) groups is 1. The molecule has 31 heavy (non-hydrogen) atoms. The number of unbranched alkanes of at least 4 members (excludes halogenated alkanes) is 18. The molecule has 0 saturated heterocycles. The van der Waals surface area contributed by atoms with E-state index in [4.69, 9.17) is 4.74 Å². The standard InChI is InChI=1S/C28H53O3/c1-3-5-7-9-11-13-14-16-18-20-22-24-28(30)31-27(25-26-29)23-21-19-17-15-12-10-8-6-4-2/h27H,3-25H2,1-2H3/t27-/m1/s1. The maximum atomic E-state index is 12.1. The molecule has 0 aliphatic rings. The lowest BCUT2D eigenvalue weighted by molar-refractivity contribution is -0.149. The van der Waals surface area contributed by atoms with E-state index in [1.807, 2.05) is 6.29 Å². The van der Waals surface area contributed by atoms with Crippen LogP contribution < -0.4 is 0 Å². The third kappa shape index (κ3) is 23.6. The third-order valence-corrected chi connectivity index (χ3v) is 6.22. The summed E-state index contributed by atoms with van der Waals surface area (Å²) in [5.74, 6) is -0.132. The third-order valence-electron chi connectivity index (χ3n) is 6.22. The number of ether oxygens (including phenoxy) is 1. The molecular formula is C28H53O3. The number of esters is 1. The minimum Gasteiger partial charge on any atom is -0.462 e. The first-order chi connectivity index (χ1) is 15.2. The molecular weight excluding hydrogens is 384 g/mol. The molecule has 0 aromatic rings. The smallest absolute Gasteiger partial charge is 0.306 e. The second kappa shape index (κ2) is 25.4. The Morgan fingerprint density at radius 3 is 1.42 bits per heavy atom. The molecule has 0 aliphatic heterocycles. The van der Waals surface area contributed by atoms with E-state index in [-0.39, 0.29) is 18.5 Å². The van der Waals surface area contributed by atoms with Crippen LogP contribution in [0.1, 0.15) is 162 Å². The van der Waals surface area contributed by atoms with E-state index in [9.17, 15) is 9.59 Å². The Hall–Kier alpha value is -0.860. The van der Waals surface area contributed by atoms with Gasteiger partial charge in [0.15, 0.2) is 0 Å². The van der Waals surface area contributed by atoms with Gasteiger partial charge in [-0.1, -0.05) is 129 Å². The molecule has 0 amide bonds. The van der Waals surface area contributed by atoms with Crippen LogP contribution in [-0.2, 0) is 14.3 Å². The number of hydrogen-bond donors (Lipinski definition) is 0. The second-order valence-corrected chi connectivity index (χ2v) is 9.36. The van der Waals surface area contributed by atoms with Crippen molar-refractivity contribution in [3.8, 4) is 0 Å². The topological polar surface area (TPSA) is 43.4 Å². The molecule has 0 fully saturated rings. The largest absolute Gasteiger partial charge is 0.462 e. The van der Waals surface area contributed by atoms with E-state index < -0.39 is 0 Å². The number of carbonyl (C=O) groups excluding carboxylic acids is 2. The zero-order chi connectivity index (χ0) is 22.8. The van der Waals surface area contributed by atoms with E-state index in [0.29, 0.717) is 6.42 Å². The van der Waals surface area contributed by atoms with Gasteiger partial charge in [-0.2, -0.15) is 0 Å². The summed E-state index contributed by atoms with van der Waals surface area (Å²) in [6.07, 6.45) is 28.7. The van der Waals surface area contributed by atoms with Crippen LogP contribution in [0, 0.1) is 0 Å². The predicted octanol–water partition coefficient (Wildman–Crippen LogP) is 9.02. The van der Waals surface area contributed by atoms with Gasteiger partial charge in [0.2, 0.25) is 6.29 Å². The van der Waals surface area contributed by atoms with Crippen molar-refractivity contribution in [2.75, 3.05) is 0 Å². The summed E-state index contributed by atoms with van der Waals surface area (Å²) in [4.78, 5) is 22.9. The van der Waals surface area contributed by atoms with Gasteiger partial charge in [-0.3, -0.25) is 9.59 Å². The number of hydrogen-bond acceptors (Lipinski definition) is 3. The summed E-state index contributed by atoms with van der Waals surface area (Å²) in [6, 6.07) is 0. The van der Waals surface area contributed by atoms with Gasteiger partial charge in [-0.15, -0.1) is 0 Å². The summed E-state index contributed by atoms with van der Waals surface area (Å²) in [7, 11) is 0. The summed E-state index contributed by atoms with van der Waals surface area (Å²) >= 11 is 0. The lowest BCUT2D eigenvalue weighted by Crippen LogP contribution is -2.18. The maximum Gasteiger partial charge on any atom is 0.306 e. The van der Waals surface area contributed by atoms with Crippen molar-refractivity contribution in [1.29, 1.82) is 0 Å². The molecule has 0 unspecified atom stereocenters. The molecule has 3 heteroatoms. The fourth-order valence-corrected chi connectivity index (χ4v) is 4.16. The first-order valence-electron chi connectivity index (χ1n) is 13.8. The van der Waals surface area contributed by atoms with Crippen molar-refractivity contribution in [3.63, 3.8) is 0 Å². The van der Waals surface area contributed by atoms with Crippen molar-refractivity contribution in [2.45, 2.75) is 168 Å². The summed E-state index contributed by atoms with van der Waals surface area (Å²) in [6.45, 7) is 4.51. The zero-order valence-corrected chi connectivity index (χ0v) is 21.1. The van der Waals surface area contributed by atoms with E-state index >= 15 is 0 Å². The van der Waals surface area contributed by atoms with E-state index in [1.54, 1.807) is 0 Å². The Bertz CT molecular complexity index is 380. The highest BCUT2D eigenvalue weighted by molar-refractivity contribution is 5.69. The molecule has 0 aromatic heterocycles. The lowest BCUT2D eigenvalue weighted by atomic mass is 10.0. The maximum absolute atomic E-state index is 12.1. The monoisotopic (exact) mass is 437 g/mol. The first kappa shape index (κ1) is 30.1. The first-order valence-corrected chi connectivity index (χ1v) is 13.8. The Morgan fingerprint density at radius 1 is 0.613 bits per heavy atom. The summed E-state index contributed by atoms with van der Waals surface area (Å²) < 4.78 is 5.55. The average Bonchev–Trinajstić information content (AvgIpc) is 2.76. The Kier molecular flexibility index (Phi) is 24.7. The highest BCUT2D eigenvalue weighted by Crippen LogP contribution is 2.16. The van der Waals surface area contributed by atoms with Crippen LogP contribution >= 0.6 is 0 Å². The van der Waals surface area contributed by atoms with Gasteiger partial charge in [0.1, 0.15) is 6.10 Å². The van der Waals surface area contributed by atoms with Crippen molar-refractivity contribution >= 4 is 12.3 Å². The summed E-state index contributed by atoms with van der Waals surface area (Å²) in [5, 5.41) is 0. The van der Waals surface area contributed by atoms with Crippen molar-refractivity contribution in [2.24, 2.45) is 0 Å². The van der Waals surface area contributed by atoms with Crippen LogP contribution in [-0.4, -0.2) is 18.4 Å². The SMILES string of the molecule is CCCCCCCCCCCCCC(=O)O[C@@H](C[C]=O)CCCCCCCCCCC. The molecule has 0 aliphatic carbocycles. The molecule has 183 valence electrons. The Balaban J connectivity index is 3.58. The van der Waals surface area contributed by atoms with Gasteiger partial charge in [0, 0.05) is 6.42 Å². The van der Waals surface area contributed by atoms with Gasteiger partial charge in [-0.25, -0.2) is 0 Å². The van der Waals surface area contributed by atoms with Crippen molar-refractivity contribution < 1.29 is 14.3 Å². The molecule has 3 nitrogen and oxygen atoms in total. The van der Waals surface area contributed by atoms with Gasteiger partial charge in [0.25, 0.3) is 0 Å². The fraction of sp³-hybridized carbons (Fsp3) is 0.929. The van der Waals surface area contributed by atoms with Crippen LogP contribution in [0.25, 0.3) is 0 Å². The van der Waals surface area contributed by atoms with Crippen molar-refractivity contribution in [3.05, 3.63) is 0 Å². The average molecular weight is 438 g/mol. The quantitative estimate of drug-likeness (QED) is 0.106. The van der Waals surface area contributed by atoms with Crippen LogP contribution in [0.5, 0.6) is 0 Å². The van der Waals surface area contributed by atoms with Crippen molar-refractivity contribution in [1.82, 2.24) is 0 Å². The van der Waals surface area contributed by atoms with E-state index in [1.165, 1.54) is 109 Å². The molecule has 0 aromatic carbocycles. The normalized spacial score (nSPS) is 12.1. The molecule has 1 radical (unpaired) electrons. The van der Waals surface area contributed by atoms with Crippen LogP contribution in [0.15, 0.2) is 0 Å². The van der Waals surface area contributed by atoms with E-state index in [2.05, 4.69) is 13.8 Å². The minimum atomic E-state index is -0.262. The second-order valence-electron chi connectivity index (χ2n) is 9.36. The molecule has 0 rings (SSSR count). The highest BCUT2D eigenvalue weighted by atomic mass is 16.5. The molecule has 1 atom stereocenters. The lowest BCUT2D eigenvalue weighted by Gasteiger charge is -2.15. The van der Waals surface area contributed by atoms with Gasteiger partial charge in [-0.05, 0) is 19.3 Å². The van der Waals surface area contributed by atoms with Crippen LogP contribution in [0.3, 0.4) is 0 Å². The van der Waals surface area contributed by atoms with E-state index in [0.717, 1.165) is 25.7 Å². The fourth-order valence-electron chi connectivity index (χ4n) is 4.16. The summed E-state index contributed by atoms with van der Waals surface area (Å²) in [5.41, 5.74) is 0. The number of rotatable bonds is 25. The molecule has 0 N–H and O–H groups in total. The zero-order valence-electron chi connectivity index (χ0n) is 21.1. The molecule has 0 saturated carbocycles. The molecule has 0 spiro atoms. The predicted molar refractivity (Wildman–Crippen MR) is 133 cm³/mol. The van der Waals surface area contributed by atoms with Gasteiger partial charge in [0.05, 0.1) is 6.42 Å². The van der Waals surface area contributed by atoms with Crippen LogP contribution in [0.2, 0.25) is 0 Å². The highest BCUT2D eigenvalue weighted by Gasteiger charge is 2.14. The molecule has 0 bridgehead atoms. The van der Waals surface area contributed by atoms with Crippen LogP contribution in [0.4, 0.5) is 0 Å². The Morgan fingerprint density at radius 2 is 1.00 bits per heavy atom. The molecule has 0 heterocycles. The Labute approximate surface area is 194 Å². The minimum absolute atomic E-state index is 0.132. The van der Waals surface area contributed by atoms with Gasteiger partial charge < -0.3 is 4.74 Å².